The Hall–Kier alpha value is -3.41. The van der Waals surface area contributed by atoms with Crippen molar-refractivity contribution < 1.29 is 24.6 Å². The van der Waals surface area contributed by atoms with Gasteiger partial charge in [0.2, 0.25) is 5.95 Å². The van der Waals surface area contributed by atoms with Gasteiger partial charge in [-0.25, -0.2) is 4.79 Å². The molecule has 0 spiro atoms. The Kier molecular flexibility index (Phi) is 5.87. The van der Waals surface area contributed by atoms with Crippen molar-refractivity contribution in [1.29, 1.82) is 0 Å². The molecule has 2 aromatic rings. The number of hydrogen-bond donors (Lipinski definition) is 6. The standard InChI is InChI=1S/C20H23N5O6S/c21-20-24-15-12(16(26)25-20)5-8(7-22-15)1-2-9-3-4-13(32-9)17(27)23-14(19(30)31)10-6-11(10)18(28)29/h3-4,8,10-11,14H,1-2,5-7H2,(H,23,27)(H,28,29)(H,30,31)(H4,21,22,24,25,26)/t8?,10-,11-,14+/m1/s1. The molecule has 1 saturated carbocycles. The van der Waals surface area contributed by atoms with E-state index in [2.05, 4.69) is 20.6 Å². The van der Waals surface area contributed by atoms with Crippen LogP contribution in [0.3, 0.4) is 0 Å². The van der Waals surface area contributed by atoms with Crippen LogP contribution in [0.25, 0.3) is 0 Å². The second-order valence-electron chi connectivity index (χ2n) is 8.17. The number of carboxylic acids is 2. The maximum atomic E-state index is 12.5. The number of nitrogens with zero attached hydrogens (tertiary/aromatic N) is 1. The van der Waals surface area contributed by atoms with Gasteiger partial charge in [0.25, 0.3) is 11.5 Å². The Morgan fingerprint density at radius 2 is 2.09 bits per heavy atom. The molecule has 170 valence electrons. The van der Waals surface area contributed by atoms with E-state index in [0.29, 0.717) is 35.6 Å². The molecule has 32 heavy (non-hydrogen) atoms. The Morgan fingerprint density at radius 3 is 2.78 bits per heavy atom. The predicted octanol–water partition coefficient (Wildman–Crippen LogP) is 0.534. The number of aryl methyl sites for hydroxylation is 1. The number of aromatic nitrogens is 2. The number of thiophene rings is 1. The van der Waals surface area contributed by atoms with Gasteiger partial charge >= 0.3 is 11.9 Å². The number of nitrogens with one attached hydrogen (secondary N) is 3. The van der Waals surface area contributed by atoms with Gasteiger partial charge in [-0.2, -0.15) is 4.98 Å². The molecule has 4 atom stereocenters. The van der Waals surface area contributed by atoms with Crippen LogP contribution in [0.1, 0.15) is 33.0 Å². The maximum Gasteiger partial charge on any atom is 0.326 e. The SMILES string of the molecule is Nc1nc2c(c(=O)[nH]1)CC(CCc1ccc(C(=O)N[C@H](C(=O)O)[C@@H]3C[C@H]3C(=O)O)s1)CN2. The van der Waals surface area contributed by atoms with Gasteiger partial charge in [0.05, 0.1) is 16.4 Å². The van der Waals surface area contributed by atoms with Crippen LogP contribution >= 0.6 is 11.3 Å². The lowest BCUT2D eigenvalue weighted by atomic mass is 9.92. The molecule has 0 bridgehead atoms. The van der Waals surface area contributed by atoms with E-state index in [4.69, 9.17) is 10.8 Å². The monoisotopic (exact) mass is 461 g/mol. The van der Waals surface area contributed by atoms with E-state index in [1.165, 1.54) is 11.3 Å². The highest BCUT2D eigenvalue weighted by atomic mass is 32.1. The summed E-state index contributed by atoms with van der Waals surface area (Å²) in [5.41, 5.74) is 5.91. The summed E-state index contributed by atoms with van der Waals surface area (Å²) in [7, 11) is 0. The fourth-order valence-corrected chi connectivity index (χ4v) is 4.99. The van der Waals surface area contributed by atoms with Crippen molar-refractivity contribution in [2.45, 2.75) is 31.7 Å². The van der Waals surface area contributed by atoms with Crippen LogP contribution < -0.4 is 21.9 Å². The van der Waals surface area contributed by atoms with Crippen molar-refractivity contribution in [3.05, 3.63) is 37.8 Å². The normalized spacial score (nSPS) is 22.3. The Balaban J connectivity index is 1.33. The summed E-state index contributed by atoms with van der Waals surface area (Å²) >= 11 is 1.27. The second kappa shape index (κ2) is 8.61. The predicted molar refractivity (Wildman–Crippen MR) is 116 cm³/mol. The van der Waals surface area contributed by atoms with Crippen molar-refractivity contribution in [1.82, 2.24) is 15.3 Å². The van der Waals surface area contributed by atoms with E-state index < -0.39 is 35.7 Å². The van der Waals surface area contributed by atoms with Crippen LogP contribution in [-0.2, 0) is 22.4 Å². The minimum absolute atomic E-state index is 0.0781. The highest BCUT2D eigenvalue weighted by Crippen LogP contribution is 2.41. The molecule has 2 aromatic heterocycles. The highest BCUT2D eigenvalue weighted by molar-refractivity contribution is 7.14. The summed E-state index contributed by atoms with van der Waals surface area (Å²) in [5.74, 6) is -3.32. The quantitative estimate of drug-likeness (QED) is 0.326. The van der Waals surface area contributed by atoms with Gasteiger partial charge in [-0.1, -0.05) is 0 Å². The van der Waals surface area contributed by atoms with Crippen molar-refractivity contribution in [3.63, 3.8) is 0 Å². The zero-order valence-corrected chi connectivity index (χ0v) is 17.8. The number of carboxylic acid groups (broad SMARTS) is 2. The Labute approximate surface area is 186 Å². The first-order chi connectivity index (χ1) is 15.2. The molecule has 1 aliphatic heterocycles. The number of carbonyl (C=O) groups excluding carboxylic acids is 1. The van der Waals surface area contributed by atoms with Crippen LogP contribution in [-0.4, -0.2) is 50.6 Å². The minimum atomic E-state index is -1.24. The molecule has 1 aliphatic carbocycles. The molecule has 1 unspecified atom stereocenters. The van der Waals surface area contributed by atoms with Gasteiger partial charge in [-0.05, 0) is 43.7 Å². The molecule has 3 heterocycles. The summed E-state index contributed by atoms with van der Waals surface area (Å²) in [4.78, 5) is 55.1. The number of aromatic amines is 1. The highest BCUT2D eigenvalue weighted by Gasteiger charge is 2.51. The number of anilines is 2. The van der Waals surface area contributed by atoms with E-state index in [1.807, 2.05) is 6.07 Å². The number of nitrogens with two attached hydrogens (primary N) is 1. The number of hydrogen-bond acceptors (Lipinski definition) is 8. The summed E-state index contributed by atoms with van der Waals surface area (Å²) in [6.07, 6.45) is 2.31. The van der Waals surface area contributed by atoms with Crippen LogP contribution in [0.15, 0.2) is 16.9 Å². The van der Waals surface area contributed by atoms with Gasteiger partial charge in [-0.3, -0.25) is 19.4 Å². The lowest BCUT2D eigenvalue weighted by Crippen LogP contribution is -2.43. The average molecular weight is 462 g/mol. The maximum absolute atomic E-state index is 12.5. The number of aliphatic carboxylic acids is 2. The fraction of sp³-hybridized carbons (Fsp3) is 0.450. The number of nitrogen functional groups attached to an aromatic ring is 1. The zero-order chi connectivity index (χ0) is 23.0. The van der Waals surface area contributed by atoms with E-state index in [0.717, 1.165) is 11.3 Å². The van der Waals surface area contributed by atoms with E-state index in [9.17, 15) is 24.3 Å². The molecule has 0 radical (unpaired) electrons. The molecular weight excluding hydrogens is 438 g/mol. The summed E-state index contributed by atoms with van der Waals surface area (Å²) in [5, 5.41) is 24.0. The number of carbonyl (C=O) groups is 3. The van der Waals surface area contributed by atoms with Crippen molar-refractivity contribution in [3.8, 4) is 0 Å². The average Bonchev–Trinajstić information content (AvgIpc) is 3.39. The molecule has 7 N–H and O–H groups in total. The zero-order valence-electron chi connectivity index (χ0n) is 17.0. The topological polar surface area (TPSA) is 187 Å². The van der Waals surface area contributed by atoms with Crippen LogP contribution in [0.2, 0.25) is 0 Å². The molecule has 0 saturated heterocycles. The van der Waals surface area contributed by atoms with Crippen molar-refractivity contribution in [2.24, 2.45) is 17.8 Å². The Morgan fingerprint density at radius 1 is 1.31 bits per heavy atom. The second-order valence-corrected chi connectivity index (χ2v) is 9.34. The number of H-pyrrole nitrogens is 1. The molecule has 4 rings (SSSR count). The molecule has 12 heteroatoms. The van der Waals surface area contributed by atoms with E-state index in [-0.39, 0.29) is 23.8 Å². The first kappa shape index (κ1) is 21.8. The van der Waals surface area contributed by atoms with E-state index >= 15 is 0 Å². The largest absolute Gasteiger partial charge is 0.481 e. The van der Waals surface area contributed by atoms with Crippen LogP contribution in [0.5, 0.6) is 0 Å². The Bertz CT molecular complexity index is 1130. The van der Waals surface area contributed by atoms with Gasteiger partial charge in [-0.15, -0.1) is 11.3 Å². The summed E-state index contributed by atoms with van der Waals surface area (Å²) < 4.78 is 0. The lowest BCUT2D eigenvalue weighted by Gasteiger charge is -2.24. The van der Waals surface area contributed by atoms with Crippen molar-refractivity contribution in [2.75, 3.05) is 17.6 Å². The van der Waals surface area contributed by atoms with Gasteiger partial charge < -0.3 is 26.6 Å². The van der Waals surface area contributed by atoms with E-state index in [1.54, 1.807) is 6.07 Å². The van der Waals surface area contributed by atoms with Crippen molar-refractivity contribution >= 4 is 40.9 Å². The molecule has 11 nitrogen and oxygen atoms in total. The number of rotatable bonds is 8. The van der Waals surface area contributed by atoms with Gasteiger partial charge in [0, 0.05) is 17.3 Å². The van der Waals surface area contributed by atoms with Gasteiger partial charge in [0.1, 0.15) is 11.9 Å². The van der Waals surface area contributed by atoms with Crippen LogP contribution in [0, 0.1) is 17.8 Å². The third-order valence-corrected chi connectivity index (χ3v) is 7.05. The molecule has 1 amide bonds. The molecule has 2 aliphatic rings. The molecule has 1 fully saturated rings. The lowest BCUT2D eigenvalue weighted by molar-refractivity contribution is -0.141. The van der Waals surface area contributed by atoms with Gasteiger partial charge in [0.15, 0.2) is 0 Å². The number of fused-ring (bicyclic) bond motifs is 1. The first-order valence-corrected chi connectivity index (χ1v) is 11.0. The molecule has 0 aromatic carbocycles. The third-order valence-electron chi connectivity index (χ3n) is 5.91. The van der Waals surface area contributed by atoms with Crippen LogP contribution in [0.4, 0.5) is 11.8 Å². The molecular formula is C20H23N5O6S. The third kappa shape index (κ3) is 4.59. The summed E-state index contributed by atoms with van der Waals surface area (Å²) in [6.45, 7) is 0.661. The smallest absolute Gasteiger partial charge is 0.326 e. The summed E-state index contributed by atoms with van der Waals surface area (Å²) in [6, 6.07) is 2.25. The number of amides is 1. The first-order valence-electron chi connectivity index (χ1n) is 10.2. The minimum Gasteiger partial charge on any atom is -0.481 e. The fourth-order valence-electron chi connectivity index (χ4n) is 4.07.